The second-order valence-corrected chi connectivity index (χ2v) is 7.20. The van der Waals surface area contributed by atoms with Crippen LogP contribution in [0.1, 0.15) is 38.4 Å². The fraction of sp³-hybridized carbons (Fsp3) is 0.706. The Morgan fingerprint density at radius 3 is 2.67 bits per heavy atom. The Morgan fingerprint density at radius 1 is 1.19 bits per heavy atom. The van der Waals surface area contributed by atoms with E-state index in [0.717, 1.165) is 31.9 Å². The van der Waals surface area contributed by atoms with E-state index in [2.05, 4.69) is 60.9 Å². The highest BCUT2D eigenvalue weighted by atomic mass is 15.2. The van der Waals surface area contributed by atoms with Crippen LogP contribution in [0, 0.1) is 6.92 Å². The van der Waals surface area contributed by atoms with Crippen molar-refractivity contribution in [1.29, 1.82) is 0 Å². The molecule has 0 radical (unpaired) electrons. The fourth-order valence-corrected chi connectivity index (χ4v) is 2.65. The quantitative estimate of drug-likeness (QED) is 0.926. The Hall–Kier alpha value is -1.13. The van der Waals surface area contributed by atoms with E-state index in [1.54, 1.807) is 0 Å². The largest absolute Gasteiger partial charge is 0.370 e. The van der Waals surface area contributed by atoms with Crippen molar-refractivity contribution in [1.82, 2.24) is 15.2 Å². The van der Waals surface area contributed by atoms with Gasteiger partial charge in [-0.1, -0.05) is 0 Å². The van der Waals surface area contributed by atoms with Gasteiger partial charge in [0.2, 0.25) is 0 Å². The lowest BCUT2D eigenvalue weighted by atomic mass is 10.1. The van der Waals surface area contributed by atoms with Gasteiger partial charge < -0.3 is 15.1 Å². The third-order valence-corrected chi connectivity index (χ3v) is 3.97. The number of hydrogen-bond donors (Lipinski definition) is 1. The highest BCUT2D eigenvalue weighted by Gasteiger charge is 2.17. The number of aromatic nitrogens is 1. The molecule has 1 fully saturated rings. The van der Waals surface area contributed by atoms with Crippen molar-refractivity contribution < 1.29 is 0 Å². The van der Waals surface area contributed by atoms with Crippen molar-refractivity contribution in [3.05, 3.63) is 23.5 Å². The third-order valence-electron chi connectivity index (χ3n) is 3.97. The predicted molar refractivity (Wildman–Crippen MR) is 89.9 cm³/mol. The van der Waals surface area contributed by atoms with Crippen molar-refractivity contribution in [3.8, 4) is 0 Å². The lowest BCUT2D eigenvalue weighted by Crippen LogP contribution is -2.36. The van der Waals surface area contributed by atoms with Crippen molar-refractivity contribution in [3.63, 3.8) is 0 Å². The molecule has 2 heterocycles. The van der Waals surface area contributed by atoms with E-state index < -0.39 is 0 Å². The number of rotatable bonds is 3. The molecule has 2 rings (SSSR count). The number of aryl methyl sites for hydroxylation is 1. The summed E-state index contributed by atoms with van der Waals surface area (Å²) in [6.07, 6.45) is 3.27. The van der Waals surface area contributed by atoms with E-state index in [1.807, 2.05) is 6.20 Å². The summed E-state index contributed by atoms with van der Waals surface area (Å²) < 4.78 is 0. The first-order valence-electron chi connectivity index (χ1n) is 7.99. The van der Waals surface area contributed by atoms with E-state index in [-0.39, 0.29) is 5.54 Å². The number of anilines is 1. The second kappa shape index (κ2) is 6.75. The van der Waals surface area contributed by atoms with Crippen LogP contribution < -0.4 is 10.2 Å². The summed E-state index contributed by atoms with van der Waals surface area (Å²) in [6, 6.07) is 2.24. The lowest BCUT2D eigenvalue weighted by molar-refractivity contribution is 0.360. The molecule has 0 saturated carbocycles. The first-order chi connectivity index (χ1) is 9.85. The molecule has 21 heavy (non-hydrogen) atoms. The predicted octanol–water partition coefficient (Wildman–Crippen LogP) is 2.42. The van der Waals surface area contributed by atoms with Gasteiger partial charge in [0.15, 0.2) is 0 Å². The van der Waals surface area contributed by atoms with Crippen molar-refractivity contribution in [2.75, 3.05) is 38.1 Å². The maximum Gasteiger partial charge on any atom is 0.0446 e. The van der Waals surface area contributed by atoms with Gasteiger partial charge in [0.25, 0.3) is 0 Å². The van der Waals surface area contributed by atoms with Crippen molar-refractivity contribution in [2.24, 2.45) is 0 Å². The fourth-order valence-electron chi connectivity index (χ4n) is 2.65. The smallest absolute Gasteiger partial charge is 0.0446 e. The second-order valence-electron chi connectivity index (χ2n) is 7.20. The van der Waals surface area contributed by atoms with Crippen LogP contribution in [-0.4, -0.2) is 48.6 Å². The summed E-state index contributed by atoms with van der Waals surface area (Å²) in [4.78, 5) is 9.44. The zero-order valence-corrected chi connectivity index (χ0v) is 14.2. The Kier molecular flexibility index (Phi) is 5.22. The standard InChI is InChI=1S/C17H30N4/c1-14-11-16(21-8-6-7-20(5)9-10-21)15(12-18-14)13-19-17(2,3)4/h11-12,19H,6-10,13H2,1-5H3. The molecule has 4 heteroatoms. The van der Waals surface area contributed by atoms with E-state index in [0.29, 0.717) is 0 Å². The summed E-state index contributed by atoms with van der Waals surface area (Å²) in [7, 11) is 2.21. The summed E-state index contributed by atoms with van der Waals surface area (Å²) in [5.74, 6) is 0. The molecule has 0 atom stereocenters. The van der Waals surface area contributed by atoms with Gasteiger partial charge in [0, 0.05) is 54.9 Å². The minimum Gasteiger partial charge on any atom is -0.370 e. The van der Waals surface area contributed by atoms with Crippen LogP contribution in [0.2, 0.25) is 0 Å². The maximum atomic E-state index is 4.50. The van der Waals surface area contributed by atoms with Gasteiger partial charge >= 0.3 is 0 Å². The van der Waals surface area contributed by atoms with Gasteiger partial charge in [-0.2, -0.15) is 0 Å². The number of likely N-dealkylation sites (N-methyl/N-ethyl adjacent to an activating group) is 1. The van der Waals surface area contributed by atoms with Gasteiger partial charge in [-0.25, -0.2) is 0 Å². The Morgan fingerprint density at radius 2 is 1.95 bits per heavy atom. The van der Waals surface area contributed by atoms with Crippen LogP contribution in [-0.2, 0) is 6.54 Å². The molecule has 4 nitrogen and oxygen atoms in total. The molecule has 1 aromatic rings. The van der Waals surface area contributed by atoms with Gasteiger partial charge in [0.1, 0.15) is 0 Å². The van der Waals surface area contributed by atoms with Gasteiger partial charge in [0.05, 0.1) is 0 Å². The molecule has 0 aliphatic carbocycles. The molecule has 1 aliphatic rings. The van der Waals surface area contributed by atoms with Crippen LogP contribution in [0.4, 0.5) is 5.69 Å². The van der Waals surface area contributed by atoms with Crippen LogP contribution in [0.3, 0.4) is 0 Å². The van der Waals surface area contributed by atoms with Crippen molar-refractivity contribution in [2.45, 2.75) is 46.2 Å². The first-order valence-corrected chi connectivity index (χ1v) is 7.99. The Balaban J connectivity index is 2.18. The molecule has 1 aliphatic heterocycles. The van der Waals surface area contributed by atoms with E-state index in [9.17, 15) is 0 Å². The van der Waals surface area contributed by atoms with E-state index in [4.69, 9.17) is 0 Å². The zero-order valence-electron chi connectivity index (χ0n) is 14.2. The molecule has 0 aromatic carbocycles. The van der Waals surface area contributed by atoms with Gasteiger partial charge in [-0.15, -0.1) is 0 Å². The normalized spacial score (nSPS) is 17.9. The number of nitrogens with one attached hydrogen (secondary N) is 1. The molecule has 118 valence electrons. The number of hydrogen-bond acceptors (Lipinski definition) is 4. The SMILES string of the molecule is Cc1cc(N2CCCN(C)CC2)c(CNC(C)(C)C)cn1. The van der Waals surface area contributed by atoms with E-state index >= 15 is 0 Å². The van der Waals surface area contributed by atoms with Crippen molar-refractivity contribution >= 4 is 5.69 Å². The minimum absolute atomic E-state index is 0.126. The Bertz CT molecular complexity index is 464. The maximum absolute atomic E-state index is 4.50. The molecular weight excluding hydrogens is 260 g/mol. The summed E-state index contributed by atoms with van der Waals surface area (Å²) >= 11 is 0. The average Bonchev–Trinajstić information content (AvgIpc) is 2.61. The Labute approximate surface area is 129 Å². The van der Waals surface area contributed by atoms with E-state index in [1.165, 1.54) is 24.2 Å². The number of nitrogens with zero attached hydrogens (tertiary/aromatic N) is 3. The molecule has 1 N–H and O–H groups in total. The minimum atomic E-state index is 0.126. The summed E-state index contributed by atoms with van der Waals surface area (Å²) in [6.45, 7) is 14.1. The van der Waals surface area contributed by atoms with Crippen LogP contribution in [0.25, 0.3) is 0 Å². The highest BCUT2D eigenvalue weighted by molar-refractivity contribution is 5.54. The molecule has 0 amide bonds. The number of pyridine rings is 1. The lowest BCUT2D eigenvalue weighted by Gasteiger charge is -2.27. The third kappa shape index (κ3) is 4.97. The molecular formula is C17H30N4. The van der Waals surface area contributed by atoms with Crippen LogP contribution in [0.15, 0.2) is 12.3 Å². The van der Waals surface area contributed by atoms with Gasteiger partial charge in [-0.3, -0.25) is 4.98 Å². The van der Waals surface area contributed by atoms with Crippen LogP contribution >= 0.6 is 0 Å². The molecule has 0 unspecified atom stereocenters. The topological polar surface area (TPSA) is 31.4 Å². The molecule has 0 spiro atoms. The molecule has 1 aromatic heterocycles. The molecule has 1 saturated heterocycles. The summed E-state index contributed by atoms with van der Waals surface area (Å²) in [5, 5.41) is 3.58. The molecule has 0 bridgehead atoms. The highest BCUT2D eigenvalue weighted by Crippen LogP contribution is 2.23. The van der Waals surface area contributed by atoms with Gasteiger partial charge in [-0.05, 0) is 53.8 Å². The first kappa shape index (κ1) is 16.2. The zero-order chi connectivity index (χ0) is 15.5. The van der Waals surface area contributed by atoms with Crippen LogP contribution in [0.5, 0.6) is 0 Å². The summed E-state index contributed by atoms with van der Waals surface area (Å²) in [5.41, 5.74) is 3.89. The average molecular weight is 290 g/mol. The monoisotopic (exact) mass is 290 g/mol.